The molecule has 5 nitrogen and oxygen atoms in total. The van der Waals surface area contributed by atoms with Crippen molar-refractivity contribution in [1.29, 1.82) is 0 Å². The van der Waals surface area contributed by atoms with Crippen LogP contribution in [0.15, 0.2) is 60.7 Å². The number of halogens is 4. The molecule has 0 aliphatic carbocycles. The van der Waals surface area contributed by atoms with Crippen molar-refractivity contribution in [3.05, 3.63) is 87.9 Å². The van der Waals surface area contributed by atoms with Gasteiger partial charge in [0.05, 0.1) is 18.8 Å². The van der Waals surface area contributed by atoms with E-state index in [1.54, 1.807) is 30.3 Å². The molecule has 0 aromatic heterocycles. The molecule has 0 radical (unpaired) electrons. The van der Waals surface area contributed by atoms with Crippen molar-refractivity contribution in [2.24, 2.45) is 5.73 Å². The largest absolute Gasteiger partial charge is 0.496 e. The average molecular weight is 522 g/mol. The van der Waals surface area contributed by atoms with Crippen molar-refractivity contribution >= 4 is 17.7 Å². The first-order chi connectivity index (χ1) is 16.9. The summed E-state index contributed by atoms with van der Waals surface area (Å²) in [7, 11) is 1.46. The number of hydrogen-bond acceptors (Lipinski definition) is 4. The van der Waals surface area contributed by atoms with Crippen LogP contribution in [0.3, 0.4) is 0 Å². The van der Waals surface area contributed by atoms with Gasteiger partial charge in [-0.1, -0.05) is 49.7 Å². The Hall–Kier alpha value is -3.23. The van der Waals surface area contributed by atoms with E-state index in [9.17, 15) is 23.1 Å². The van der Waals surface area contributed by atoms with Crippen molar-refractivity contribution in [3.63, 3.8) is 0 Å². The number of ether oxygens (including phenoxy) is 2. The quantitative estimate of drug-likeness (QED) is 0.323. The summed E-state index contributed by atoms with van der Waals surface area (Å²) in [6.07, 6.45) is -8.56. The number of benzene rings is 3. The number of hydrogen-bond donors (Lipinski definition) is 2. The topological polar surface area (TPSA) is 81.8 Å². The van der Waals surface area contributed by atoms with Gasteiger partial charge in [-0.15, -0.1) is 0 Å². The molecule has 192 valence electrons. The van der Waals surface area contributed by atoms with Crippen LogP contribution in [0, 0.1) is 0 Å². The maximum Gasteiger partial charge on any atom is 0.416 e. The van der Waals surface area contributed by atoms with Crippen LogP contribution in [-0.4, -0.2) is 18.3 Å². The van der Waals surface area contributed by atoms with E-state index in [0.29, 0.717) is 27.5 Å². The smallest absolute Gasteiger partial charge is 0.416 e. The molecule has 0 saturated heterocycles. The predicted octanol–water partition coefficient (Wildman–Crippen LogP) is 7.42. The number of amides is 1. The lowest BCUT2D eigenvalue weighted by atomic mass is 9.88. The second kappa shape index (κ2) is 11.2. The first-order valence-corrected chi connectivity index (χ1v) is 11.6. The highest BCUT2D eigenvalue weighted by Crippen LogP contribution is 2.43. The van der Waals surface area contributed by atoms with E-state index in [2.05, 4.69) is 0 Å². The summed E-state index contributed by atoms with van der Waals surface area (Å²) >= 11 is 5.91. The minimum Gasteiger partial charge on any atom is -0.496 e. The third-order valence-electron chi connectivity index (χ3n) is 5.86. The van der Waals surface area contributed by atoms with E-state index >= 15 is 0 Å². The lowest BCUT2D eigenvalue weighted by Gasteiger charge is -2.25. The molecule has 0 aliphatic heterocycles. The second-order valence-corrected chi connectivity index (χ2v) is 9.08. The molecule has 3 aromatic carbocycles. The number of alkyl halides is 3. The molecule has 36 heavy (non-hydrogen) atoms. The van der Waals surface area contributed by atoms with Crippen molar-refractivity contribution in [3.8, 4) is 16.9 Å². The number of aliphatic hydroxyl groups is 1. The second-order valence-electron chi connectivity index (χ2n) is 8.64. The molecule has 0 heterocycles. The monoisotopic (exact) mass is 521 g/mol. The van der Waals surface area contributed by atoms with Gasteiger partial charge in [-0.05, 0) is 59.0 Å². The molecule has 3 N–H and O–H groups in total. The molecular weight excluding hydrogens is 495 g/mol. The fourth-order valence-corrected chi connectivity index (χ4v) is 4.07. The standard InChI is InChI=1S/C27H27ClF3NO4/c1-15(2)17-6-11-24(35-3)21(12-17)20-10-7-18(27(29,30)31)13-22(20)25(36-26(32)34)14-23(33)16-4-8-19(28)9-5-16/h4-13,15,23,25,33H,14H2,1-3H3,(H2,32,34). The number of nitrogens with two attached hydrogens (primary N) is 1. The van der Waals surface area contributed by atoms with Gasteiger partial charge in [-0.2, -0.15) is 13.2 Å². The molecule has 0 spiro atoms. The van der Waals surface area contributed by atoms with E-state index in [1.807, 2.05) is 26.0 Å². The number of carbonyl (C=O) groups excluding carboxylic acids is 1. The fraction of sp³-hybridized carbons (Fsp3) is 0.296. The Morgan fingerprint density at radius 1 is 1.00 bits per heavy atom. The van der Waals surface area contributed by atoms with E-state index in [1.165, 1.54) is 13.2 Å². The van der Waals surface area contributed by atoms with Gasteiger partial charge in [0, 0.05) is 22.6 Å². The maximum absolute atomic E-state index is 13.7. The van der Waals surface area contributed by atoms with E-state index in [0.717, 1.165) is 17.7 Å². The van der Waals surface area contributed by atoms with Gasteiger partial charge in [0.1, 0.15) is 11.9 Å². The van der Waals surface area contributed by atoms with Crippen molar-refractivity contribution < 1.29 is 32.5 Å². The lowest BCUT2D eigenvalue weighted by Crippen LogP contribution is -2.20. The third kappa shape index (κ3) is 6.50. The van der Waals surface area contributed by atoms with Crippen molar-refractivity contribution in [2.75, 3.05) is 7.11 Å². The van der Waals surface area contributed by atoms with Crippen molar-refractivity contribution in [2.45, 2.75) is 44.6 Å². The molecule has 0 bridgehead atoms. The SMILES string of the molecule is COc1ccc(C(C)C)cc1-c1ccc(C(F)(F)F)cc1C(CC(O)c1ccc(Cl)cc1)OC(N)=O. The highest BCUT2D eigenvalue weighted by Gasteiger charge is 2.33. The highest BCUT2D eigenvalue weighted by molar-refractivity contribution is 6.30. The van der Waals surface area contributed by atoms with Crippen LogP contribution in [0.5, 0.6) is 5.75 Å². The number of rotatable bonds is 8. The van der Waals surface area contributed by atoms with E-state index < -0.39 is 30.0 Å². The Morgan fingerprint density at radius 3 is 2.19 bits per heavy atom. The summed E-state index contributed by atoms with van der Waals surface area (Å²) < 4.78 is 51.8. The maximum atomic E-state index is 13.7. The predicted molar refractivity (Wildman–Crippen MR) is 132 cm³/mol. The number of primary amides is 1. The molecule has 3 rings (SSSR count). The molecule has 0 aliphatic rings. The first-order valence-electron chi connectivity index (χ1n) is 11.2. The molecule has 1 amide bonds. The summed E-state index contributed by atoms with van der Waals surface area (Å²) in [5, 5.41) is 11.3. The number of methoxy groups -OCH3 is 1. The van der Waals surface area contributed by atoms with Gasteiger partial charge in [0.15, 0.2) is 0 Å². The molecule has 3 aromatic rings. The average Bonchev–Trinajstić information content (AvgIpc) is 2.82. The molecule has 2 unspecified atom stereocenters. The van der Waals surface area contributed by atoms with Crippen LogP contribution < -0.4 is 10.5 Å². The highest BCUT2D eigenvalue weighted by atomic mass is 35.5. The number of aliphatic hydroxyl groups excluding tert-OH is 1. The minimum absolute atomic E-state index is 0.0378. The van der Waals surface area contributed by atoms with Crippen LogP contribution in [-0.2, 0) is 10.9 Å². The summed E-state index contributed by atoms with van der Waals surface area (Å²) in [6, 6.07) is 14.9. The Balaban J connectivity index is 2.20. The zero-order valence-electron chi connectivity index (χ0n) is 20.0. The minimum atomic E-state index is -4.65. The molecule has 0 fully saturated rings. The van der Waals surface area contributed by atoms with Crippen LogP contribution >= 0.6 is 11.6 Å². The van der Waals surface area contributed by atoms with Gasteiger partial charge in [-0.3, -0.25) is 0 Å². The van der Waals surface area contributed by atoms with Crippen LogP contribution in [0.25, 0.3) is 11.1 Å². The lowest BCUT2D eigenvalue weighted by molar-refractivity contribution is -0.137. The number of carbonyl (C=O) groups is 1. The van der Waals surface area contributed by atoms with Crippen LogP contribution in [0.4, 0.5) is 18.0 Å². The summed E-state index contributed by atoms with van der Waals surface area (Å²) in [4.78, 5) is 11.8. The summed E-state index contributed by atoms with van der Waals surface area (Å²) in [5.74, 6) is 0.563. The zero-order chi connectivity index (χ0) is 26.6. The van der Waals surface area contributed by atoms with Crippen LogP contribution in [0.1, 0.15) is 60.6 Å². The molecule has 2 atom stereocenters. The van der Waals surface area contributed by atoms with Crippen LogP contribution in [0.2, 0.25) is 5.02 Å². The Morgan fingerprint density at radius 2 is 1.64 bits per heavy atom. The van der Waals surface area contributed by atoms with E-state index in [-0.39, 0.29) is 17.9 Å². The Kier molecular flexibility index (Phi) is 8.53. The fourth-order valence-electron chi connectivity index (χ4n) is 3.95. The molecular formula is C27H27ClF3NO4. The zero-order valence-corrected chi connectivity index (χ0v) is 20.7. The first kappa shape index (κ1) is 27.4. The van der Waals surface area contributed by atoms with Gasteiger partial charge >= 0.3 is 12.3 Å². The molecule has 0 saturated carbocycles. The summed E-state index contributed by atoms with van der Waals surface area (Å²) in [6.45, 7) is 3.97. The van der Waals surface area contributed by atoms with Gasteiger partial charge in [0.25, 0.3) is 0 Å². The van der Waals surface area contributed by atoms with Gasteiger partial charge in [-0.25, -0.2) is 4.79 Å². The van der Waals surface area contributed by atoms with Crippen molar-refractivity contribution in [1.82, 2.24) is 0 Å². The Labute approximate surface area is 212 Å². The Bertz CT molecular complexity index is 1210. The summed E-state index contributed by atoms with van der Waals surface area (Å²) in [5.41, 5.74) is 6.66. The van der Waals surface area contributed by atoms with Gasteiger partial charge < -0.3 is 20.3 Å². The normalized spacial score (nSPS) is 13.4. The molecule has 9 heteroatoms. The van der Waals surface area contributed by atoms with Gasteiger partial charge in [0.2, 0.25) is 0 Å². The third-order valence-corrected chi connectivity index (χ3v) is 6.11. The van der Waals surface area contributed by atoms with E-state index in [4.69, 9.17) is 26.8 Å².